The Morgan fingerprint density at radius 1 is 1.45 bits per heavy atom. The lowest BCUT2D eigenvalue weighted by atomic mass is 10.1. The van der Waals surface area contributed by atoms with Crippen LogP contribution in [0.1, 0.15) is 30.9 Å². The molecule has 0 aliphatic carbocycles. The first-order valence-corrected chi connectivity index (χ1v) is 8.79. The largest absolute Gasteiger partial charge is 0.295 e. The van der Waals surface area contributed by atoms with Gasteiger partial charge in [0, 0.05) is 12.6 Å². The highest BCUT2D eigenvalue weighted by molar-refractivity contribution is 7.91. The third-order valence-corrected chi connectivity index (χ3v) is 5.43. The van der Waals surface area contributed by atoms with Gasteiger partial charge in [-0.3, -0.25) is 4.90 Å². The third kappa shape index (κ3) is 3.81. The summed E-state index contributed by atoms with van der Waals surface area (Å²) < 4.78 is 23.3. The van der Waals surface area contributed by atoms with Crippen LogP contribution in [0.2, 0.25) is 0 Å². The molecular weight excluding hydrogens is 272 g/mol. The molecule has 1 atom stereocenters. The van der Waals surface area contributed by atoms with Crippen LogP contribution < -0.4 is 0 Å². The van der Waals surface area contributed by atoms with E-state index in [0.717, 1.165) is 24.9 Å². The third-order valence-electron chi connectivity index (χ3n) is 3.68. The van der Waals surface area contributed by atoms with E-state index in [2.05, 4.69) is 17.9 Å². The van der Waals surface area contributed by atoms with Gasteiger partial charge in [-0.2, -0.15) is 5.26 Å². The van der Waals surface area contributed by atoms with Gasteiger partial charge in [-0.25, -0.2) is 8.42 Å². The number of hydrogen-bond acceptors (Lipinski definition) is 4. The standard InChI is InChI=1S/C15H20N2O2S/c1-2-7-17(15-6-8-20(18,19)12-15)11-14-5-3-4-13(9-14)10-16/h3-5,9,15H,2,6-8,11-12H2,1H3. The van der Waals surface area contributed by atoms with Gasteiger partial charge in [-0.15, -0.1) is 0 Å². The quantitative estimate of drug-likeness (QED) is 0.832. The van der Waals surface area contributed by atoms with E-state index in [1.165, 1.54) is 0 Å². The van der Waals surface area contributed by atoms with Crippen LogP contribution in [-0.4, -0.2) is 37.4 Å². The summed E-state index contributed by atoms with van der Waals surface area (Å²) in [7, 11) is -2.86. The molecule has 1 saturated heterocycles. The first-order valence-electron chi connectivity index (χ1n) is 6.97. The number of hydrogen-bond donors (Lipinski definition) is 0. The Morgan fingerprint density at radius 3 is 2.85 bits per heavy atom. The minimum absolute atomic E-state index is 0.116. The summed E-state index contributed by atoms with van der Waals surface area (Å²) in [5.74, 6) is 0.570. The molecule has 1 unspecified atom stereocenters. The van der Waals surface area contributed by atoms with Gasteiger partial charge < -0.3 is 0 Å². The molecule has 0 aromatic heterocycles. The minimum Gasteiger partial charge on any atom is -0.295 e. The van der Waals surface area contributed by atoms with Gasteiger partial charge in [0.15, 0.2) is 9.84 Å². The molecule has 0 bridgehead atoms. The Labute approximate surface area is 120 Å². The van der Waals surface area contributed by atoms with Crippen LogP contribution in [0, 0.1) is 11.3 Å². The second kappa shape index (κ2) is 6.38. The molecule has 1 heterocycles. The summed E-state index contributed by atoms with van der Waals surface area (Å²) in [6.07, 6.45) is 1.72. The number of sulfone groups is 1. The van der Waals surface area contributed by atoms with Crippen molar-refractivity contribution in [3.05, 3.63) is 35.4 Å². The van der Waals surface area contributed by atoms with Crippen molar-refractivity contribution in [2.24, 2.45) is 0 Å². The maximum Gasteiger partial charge on any atom is 0.151 e. The highest BCUT2D eigenvalue weighted by atomic mass is 32.2. The summed E-state index contributed by atoms with van der Waals surface area (Å²) in [5.41, 5.74) is 1.72. The van der Waals surface area contributed by atoms with Crippen LogP contribution in [0.15, 0.2) is 24.3 Å². The highest BCUT2D eigenvalue weighted by Gasteiger charge is 2.31. The van der Waals surface area contributed by atoms with E-state index in [4.69, 9.17) is 5.26 Å². The van der Waals surface area contributed by atoms with Crippen LogP contribution in [0.4, 0.5) is 0 Å². The summed E-state index contributed by atoms with van der Waals surface area (Å²) in [6.45, 7) is 3.70. The Bertz CT molecular complexity index is 605. The second-order valence-electron chi connectivity index (χ2n) is 5.34. The second-order valence-corrected chi connectivity index (χ2v) is 7.57. The molecule has 0 radical (unpaired) electrons. The van der Waals surface area contributed by atoms with E-state index in [-0.39, 0.29) is 11.8 Å². The Balaban J connectivity index is 2.11. The number of rotatable bonds is 5. The van der Waals surface area contributed by atoms with Gasteiger partial charge in [0.05, 0.1) is 23.1 Å². The molecule has 108 valence electrons. The molecule has 1 aliphatic heterocycles. The molecule has 1 fully saturated rings. The van der Waals surface area contributed by atoms with Crippen molar-refractivity contribution in [1.29, 1.82) is 5.26 Å². The zero-order valence-electron chi connectivity index (χ0n) is 11.7. The van der Waals surface area contributed by atoms with Gasteiger partial charge in [0.2, 0.25) is 0 Å². The van der Waals surface area contributed by atoms with Crippen LogP contribution in [0.25, 0.3) is 0 Å². The average molecular weight is 292 g/mol. The fourth-order valence-electron chi connectivity index (χ4n) is 2.72. The summed E-state index contributed by atoms with van der Waals surface area (Å²) in [5, 5.41) is 8.94. The lowest BCUT2D eigenvalue weighted by Crippen LogP contribution is -2.36. The molecule has 20 heavy (non-hydrogen) atoms. The fraction of sp³-hybridized carbons (Fsp3) is 0.533. The predicted molar refractivity (Wildman–Crippen MR) is 78.9 cm³/mol. The van der Waals surface area contributed by atoms with Crippen molar-refractivity contribution in [2.45, 2.75) is 32.4 Å². The molecule has 1 aliphatic rings. The van der Waals surface area contributed by atoms with Crippen molar-refractivity contribution >= 4 is 9.84 Å². The number of nitriles is 1. The maximum absolute atomic E-state index is 11.6. The summed E-state index contributed by atoms with van der Waals surface area (Å²) in [4.78, 5) is 2.24. The molecule has 0 amide bonds. The van der Waals surface area contributed by atoms with Crippen LogP contribution in [-0.2, 0) is 16.4 Å². The molecular formula is C15H20N2O2S. The molecule has 0 saturated carbocycles. The van der Waals surface area contributed by atoms with Crippen molar-refractivity contribution in [2.75, 3.05) is 18.1 Å². The lowest BCUT2D eigenvalue weighted by Gasteiger charge is -2.27. The Hall–Kier alpha value is -1.38. The van der Waals surface area contributed by atoms with Gasteiger partial charge in [0.1, 0.15) is 0 Å². The van der Waals surface area contributed by atoms with Crippen molar-refractivity contribution in [3.63, 3.8) is 0 Å². The first kappa shape index (κ1) is 15.0. The average Bonchev–Trinajstić information content (AvgIpc) is 2.79. The predicted octanol–water partition coefficient (Wildman–Crippen LogP) is 1.96. The summed E-state index contributed by atoms with van der Waals surface area (Å²) in [6, 6.07) is 9.80. The Kier molecular flexibility index (Phi) is 4.79. The fourth-order valence-corrected chi connectivity index (χ4v) is 4.48. The van der Waals surface area contributed by atoms with Gasteiger partial charge in [-0.1, -0.05) is 19.1 Å². The van der Waals surface area contributed by atoms with E-state index in [1.54, 1.807) is 6.07 Å². The number of nitrogens with zero attached hydrogens (tertiary/aromatic N) is 2. The molecule has 0 spiro atoms. The highest BCUT2D eigenvalue weighted by Crippen LogP contribution is 2.20. The van der Waals surface area contributed by atoms with Crippen molar-refractivity contribution in [1.82, 2.24) is 4.90 Å². The topological polar surface area (TPSA) is 61.2 Å². The Morgan fingerprint density at radius 2 is 2.25 bits per heavy atom. The lowest BCUT2D eigenvalue weighted by molar-refractivity contribution is 0.204. The van der Waals surface area contributed by atoms with Crippen LogP contribution >= 0.6 is 0 Å². The van der Waals surface area contributed by atoms with Gasteiger partial charge >= 0.3 is 0 Å². The SMILES string of the molecule is CCCN(Cc1cccc(C#N)c1)C1CCS(=O)(=O)C1. The van der Waals surface area contributed by atoms with Gasteiger partial charge in [-0.05, 0) is 37.1 Å². The van der Waals surface area contributed by atoms with Crippen LogP contribution in [0.5, 0.6) is 0 Å². The summed E-state index contributed by atoms with van der Waals surface area (Å²) >= 11 is 0. The monoisotopic (exact) mass is 292 g/mol. The number of benzene rings is 1. The molecule has 2 rings (SSSR count). The zero-order valence-corrected chi connectivity index (χ0v) is 12.6. The molecule has 4 nitrogen and oxygen atoms in total. The van der Waals surface area contributed by atoms with E-state index in [1.807, 2.05) is 18.2 Å². The van der Waals surface area contributed by atoms with Crippen LogP contribution in [0.3, 0.4) is 0 Å². The first-order chi connectivity index (χ1) is 9.54. The smallest absolute Gasteiger partial charge is 0.151 e. The maximum atomic E-state index is 11.6. The molecule has 1 aromatic rings. The zero-order chi connectivity index (χ0) is 14.6. The molecule has 1 aromatic carbocycles. The van der Waals surface area contributed by atoms with Crippen molar-refractivity contribution in [3.8, 4) is 6.07 Å². The van der Waals surface area contributed by atoms with E-state index in [0.29, 0.717) is 17.9 Å². The minimum atomic E-state index is -2.86. The van der Waals surface area contributed by atoms with E-state index >= 15 is 0 Å². The van der Waals surface area contributed by atoms with E-state index < -0.39 is 9.84 Å². The molecule has 5 heteroatoms. The van der Waals surface area contributed by atoms with E-state index in [9.17, 15) is 8.42 Å². The van der Waals surface area contributed by atoms with Gasteiger partial charge in [0.25, 0.3) is 0 Å². The normalized spacial score (nSPS) is 20.9. The van der Waals surface area contributed by atoms with Crippen molar-refractivity contribution < 1.29 is 8.42 Å². The molecule has 0 N–H and O–H groups in total.